The fraction of sp³-hybridized carbons (Fsp3) is 0.250. The number of hydrogen-bond donors (Lipinski definition) is 1. The number of aromatic nitrogens is 1. The smallest absolute Gasteiger partial charge is 0.263 e. The summed E-state index contributed by atoms with van der Waals surface area (Å²) < 4.78 is 0.524. The van der Waals surface area contributed by atoms with Crippen molar-refractivity contribution in [3.05, 3.63) is 40.6 Å². The van der Waals surface area contributed by atoms with E-state index in [1.165, 1.54) is 11.8 Å². The largest absolute Gasteiger partial charge is 0.307 e. The Labute approximate surface area is 110 Å². The van der Waals surface area contributed by atoms with Gasteiger partial charge in [0.25, 0.3) is 5.91 Å². The minimum absolute atomic E-state index is 0.105. The Bertz CT molecular complexity index is 494. The van der Waals surface area contributed by atoms with Crippen molar-refractivity contribution in [2.45, 2.75) is 19.8 Å². The molecule has 1 aliphatic rings. The van der Waals surface area contributed by atoms with Crippen LogP contribution in [0.1, 0.15) is 24.1 Å². The Morgan fingerprint density at radius 3 is 2.82 bits per heavy atom. The lowest BCUT2D eigenvalue weighted by Gasteiger charge is -2.06. The molecule has 0 saturated carbocycles. The minimum Gasteiger partial charge on any atom is -0.307 e. The fourth-order valence-electron chi connectivity index (χ4n) is 1.51. The Hall–Kier alpha value is -1.20. The highest BCUT2D eigenvalue weighted by molar-refractivity contribution is 8.26. The molecule has 1 aromatic rings. The van der Waals surface area contributed by atoms with Crippen molar-refractivity contribution in [1.29, 1.82) is 0 Å². The molecule has 0 radical (unpaired) electrons. The first kappa shape index (κ1) is 12.3. The van der Waals surface area contributed by atoms with Crippen molar-refractivity contribution in [2.75, 3.05) is 0 Å². The van der Waals surface area contributed by atoms with Crippen LogP contribution in [-0.4, -0.2) is 15.2 Å². The van der Waals surface area contributed by atoms with Crippen LogP contribution >= 0.6 is 24.0 Å². The number of nitrogens with one attached hydrogen (secondary N) is 1. The van der Waals surface area contributed by atoms with Gasteiger partial charge in [0.2, 0.25) is 0 Å². The fourth-order valence-corrected chi connectivity index (χ4v) is 2.63. The molecule has 1 fully saturated rings. The number of aryl methyl sites for hydroxylation is 1. The van der Waals surface area contributed by atoms with E-state index in [-0.39, 0.29) is 11.8 Å². The lowest BCUT2D eigenvalue weighted by atomic mass is 10.0. The maximum Gasteiger partial charge on any atom is 0.263 e. The lowest BCUT2D eigenvalue weighted by molar-refractivity contribution is -0.115. The Morgan fingerprint density at radius 1 is 1.53 bits per heavy atom. The predicted molar refractivity (Wildman–Crippen MR) is 73.8 cm³/mol. The summed E-state index contributed by atoms with van der Waals surface area (Å²) >= 11 is 6.25. The lowest BCUT2D eigenvalue weighted by Crippen LogP contribution is -2.17. The van der Waals surface area contributed by atoms with Crippen molar-refractivity contribution < 1.29 is 4.79 Å². The van der Waals surface area contributed by atoms with Crippen molar-refractivity contribution in [1.82, 2.24) is 10.3 Å². The maximum atomic E-state index is 11.5. The first-order chi connectivity index (χ1) is 8.06. The summed E-state index contributed by atoms with van der Waals surface area (Å²) in [5, 5.41) is 2.60. The molecular weight excluding hydrogens is 252 g/mol. The summed E-state index contributed by atoms with van der Waals surface area (Å²) in [5.41, 5.74) is 2.08. The number of allylic oxidation sites excluding steroid dienone is 1. The second-order valence-electron chi connectivity index (χ2n) is 3.90. The van der Waals surface area contributed by atoms with Gasteiger partial charge in [0.15, 0.2) is 0 Å². The van der Waals surface area contributed by atoms with E-state index in [1.54, 1.807) is 0 Å². The van der Waals surface area contributed by atoms with Crippen molar-refractivity contribution in [3.8, 4) is 0 Å². The molecule has 0 aliphatic carbocycles. The number of hydrogen-bond acceptors (Lipinski definition) is 4. The highest BCUT2D eigenvalue weighted by Crippen LogP contribution is 2.27. The average molecular weight is 264 g/mol. The van der Waals surface area contributed by atoms with Gasteiger partial charge in [-0.25, -0.2) is 0 Å². The molecule has 2 heterocycles. The molecule has 1 aromatic heterocycles. The molecule has 17 heavy (non-hydrogen) atoms. The van der Waals surface area contributed by atoms with E-state index in [4.69, 9.17) is 12.2 Å². The number of thioether (sulfide) groups is 1. The third kappa shape index (κ3) is 2.92. The molecule has 88 valence electrons. The Kier molecular flexibility index (Phi) is 3.59. The van der Waals surface area contributed by atoms with Gasteiger partial charge in [-0.1, -0.05) is 43.0 Å². The van der Waals surface area contributed by atoms with Crippen LogP contribution in [0.2, 0.25) is 0 Å². The van der Waals surface area contributed by atoms with Gasteiger partial charge in [-0.2, -0.15) is 0 Å². The highest BCUT2D eigenvalue weighted by atomic mass is 32.2. The third-order valence-electron chi connectivity index (χ3n) is 2.50. The zero-order valence-corrected chi connectivity index (χ0v) is 11.2. The number of amides is 1. The van der Waals surface area contributed by atoms with Crippen LogP contribution in [0.4, 0.5) is 0 Å². The van der Waals surface area contributed by atoms with Crippen LogP contribution in [0.15, 0.2) is 29.3 Å². The zero-order chi connectivity index (χ0) is 12.4. The van der Waals surface area contributed by atoms with Crippen LogP contribution in [0.25, 0.3) is 0 Å². The van der Waals surface area contributed by atoms with E-state index in [0.717, 1.165) is 11.3 Å². The van der Waals surface area contributed by atoms with E-state index in [1.807, 2.05) is 38.3 Å². The third-order valence-corrected chi connectivity index (χ3v) is 3.68. The molecule has 0 spiro atoms. The molecule has 1 N–H and O–H groups in total. The van der Waals surface area contributed by atoms with E-state index >= 15 is 0 Å². The van der Waals surface area contributed by atoms with Gasteiger partial charge in [0.05, 0.1) is 4.91 Å². The van der Waals surface area contributed by atoms with Gasteiger partial charge < -0.3 is 5.32 Å². The van der Waals surface area contributed by atoms with Crippen LogP contribution in [-0.2, 0) is 4.79 Å². The van der Waals surface area contributed by atoms with E-state index < -0.39 is 0 Å². The van der Waals surface area contributed by atoms with Gasteiger partial charge >= 0.3 is 0 Å². The molecule has 3 nitrogen and oxygen atoms in total. The maximum absolute atomic E-state index is 11.5. The van der Waals surface area contributed by atoms with E-state index in [2.05, 4.69) is 10.3 Å². The molecule has 5 heteroatoms. The van der Waals surface area contributed by atoms with Gasteiger partial charge in [0.1, 0.15) is 4.32 Å². The monoisotopic (exact) mass is 264 g/mol. The highest BCUT2D eigenvalue weighted by Gasteiger charge is 2.22. The molecule has 0 aromatic carbocycles. The minimum atomic E-state index is -0.105. The van der Waals surface area contributed by atoms with Gasteiger partial charge in [0, 0.05) is 17.8 Å². The molecule has 1 aliphatic heterocycles. The summed E-state index contributed by atoms with van der Waals surface area (Å²) in [6.07, 6.45) is 3.76. The number of carbonyl (C=O) groups excluding carboxylic acids is 1. The molecule has 1 amide bonds. The number of carbonyl (C=O) groups is 1. The number of rotatable bonds is 2. The van der Waals surface area contributed by atoms with Gasteiger partial charge in [-0.3, -0.25) is 9.78 Å². The molecule has 0 bridgehead atoms. The number of nitrogens with zero attached hydrogens (tertiary/aromatic N) is 1. The Morgan fingerprint density at radius 2 is 2.29 bits per heavy atom. The average Bonchev–Trinajstić information content (AvgIpc) is 2.58. The first-order valence-corrected chi connectivity index (χ1v) is 6.46. The SMILES string of the molecule is Cc1ccc(C(C)/C=C2\SC(=S)NC2=O)cn1. The molecule has 1 unspecified atom stereocenters. The molecule has 1 saturated heterocycles. The van der Waals surface area contributed by atoms with Crippen LogP contribution in [0, 0.1) is 6.92 Å². The second-order valence-corrected chi connectivity index (χ2v) is 5.62. The second kappa shape index (κ2) is 4.98. The van der Waals surface area contributed by atoms with Crippen LogP contribution < -0.4 is 5.32 Å². The molecule has 1 atom stereocenters. The van der Waals surface area contributed by atoms with Crippen LogP contribution in [0.3, 0.4) is 0 Å². The van der Waals surface area contributed by atoms with Crippen molar-refractivity contribution in [2.24, 2.45) is 0 Å². The molecular formula is C12H12N2OS2. The number of pyridine rings is 1. The summed E-state index contributed by atoms with van der Waals surface area (Å²) in [5.74, 6) is 0.0455. The standard InChI is InChI=1S/C12H12N2OS2/c1-7(9-4-3-8(2)13-6-9)5-10-11(15)14-12(16)17-10/h3-7H,1-2H3,(H,14,15,16)/b10-5-. The zero-order valence-electron chi connectivity index (χ0n) is 9.56. The summed E-state index contributed by atoms with van der Waals surface area (Å²) in [4.78, 5) is 16.4. The predicted octanol–water partition coefficient (Wildman–Crippen LogP) is 2.53. The Balaban J connectivity index is 2.18. The van der Waals surface area contributed by atoms with Crippen molar-refractivity contribution in [3.63, 3.8) is 0 Å². The van der Waals surface area contributed by atoms with Crippen LogP contribution in [0.5, 0.6) is 0 Å². The topological polar surface area (TPSA) is 42.0 Å². The van der Waals surface area contributed by atoms with Crippen molar-refractivity contribution >= 4 is 34.2 Å². The summed E-state index contributed by atoms with van der Waals surface area (Å²) in [7, 11) is 0. The van der Waals surface area contributed by atoms with E-state index in [9.17, 15) is 4.79 Å². The number of thiocarbonyl (C=S) groups is 1. The first-order valence-electron chi connectivity index (χ1n) is 5.24. The van der Waals surface area contributed by atoms with Gasteiger partial charge in [-0.05, 0) is 18.6 Å². The quantitative estimate of drug-likeness (QED) is 0.658. The summed E-state index contributed by atoms with van der Waals surface area (Å²) in [6, 6.07) is 4.00. The van der Waals surface area contributed by atoms with Gasteiger partial charge in [-0.15, -0.1) is 0 Å². The molecule has 2 rings (SSSR count). The summed E-state index contributed by atoms with van der Waals surface area (Å²) in [6.45, 7) is 3.99. The van der Waals surface area contributed by atoms with E-state index in [0.29, 0.717) is 9.23 Å². The normalized spacial score (nSPS) is 19.5.